The van der Waals surface area contributed by atoms with Crippen LogP contribution in [0.25, 0.3) is 11.3 Å². The lowest BCUT2D eigenvalue weighted by atomic mass is 10.2. The first-order valence-electron chi connectivity index (χ1n) is 9.55. The minimum absolute atomic E-state index is 0.0511. The largest absolute Gasteiger partial charge is 0.573 e. The van der Waals surface area contributed by atoms with Crippen molar-refractivity contribution in [2.75, 3.05) is 6.54 Å². The van der Waals surface area contributed by atoms with E-state index >= 15 is 0 Å². The number of nitrogens with zero attached hydrogens (tertiary/aromatic N) is 2. The molecule has 2 aromatic heterocycles. The van der Waals surface area contributed by atoms with E-state index in [0.29, 0.717) is 20.6 Å². The van der Waals surface area contributed by atoms with Crippen molar-refractivity contribution in [3.8, 4) is 17.0 Å². The molecule has 1 aromatic carbocycles. The molecule has 1 atom stereocenters. The number of carbonyl (C=O) groups is 1. The average molecular weight is 550 g/mol. The second kappa shape index (κ2) is 9.66. The summed E-state index contributed by atoms with van der Waals surface area (Å²) in [6.07, 6.45) is -1.65. The third-order valence-electron chi connectivity index (χ3n) is 4.64. The Hall–Kier alpha value is -2.45. The molecule has 180 valence electrons. The van der Waals surface area contributed by atoms with E-state index in [1.165, 1.54) is 53.8 Å². The van der Waals surface area contributed by atoms with E-state index in [1.54, 1.807) is 11.5 Å². The highest BCUT2D eigenvalue weighted by molar-refractivity contribution is 7.91. The number of nitrogens with one attached hydrogen (secondary N) is 1. The van der Waals surface area contributed by atoms with Gasteiger partial charge in [-0.3, -0.25) is 4.79 Å². The molecule has 0 saturated heterocycles. The van der Waals surface area contributed by atoms with Gasteiger partial charge in [0, 0.05) is 17.5 Å². The van der Waals surface area contributed by atoms with Crippen LogP contribution in [0.3, 0.4) is 0 Å². The number of amides is 1. The van der Waals surface area contributed by atoms with Crippen molar-refractivity contribution in [1.82, 2.24) is 14.6 Å². The van der Waals surface area contributed by atoms with E-state index in [4.69, 9.17) is 11.6 Å². The number of thiophene rings is 1. The van der Waals surface area contributed by atoms with Crippen molar-refractivity contribution < 1.29 is 31.1 Å². The first-order chi connectivity index (χ1) is 16.0. The van der Waals surface area contributed by atoms with Gasteiger partial charge in [0.2, 0.25) is 5.91 Å². The number of sulfonamides is 1. The molecule has 0 radical (unpaired) electrons. The van der Waals surface area contributed by atoms with Crippen molar-refractivity contribution in [2.45, 2.75) is 23.2 Å². The Labute approximate surface area is 205 Å². The van der Waals surface area contributed by atoms with Crippen LogP contribution < -0.4 is 10.1 Å². The molecular formula is C20H15ClF3N3O4S3. The molecule has 0 aliphatic carbocycles. The highest BCUT2D eigenvalue weighted by atomic mass is 35.5. The summed E-state index contributed by atoms with van der Waals surface area (Å²) in [5, 5.41) is 4.93. The van der Waals surface area contributed by atoms with Crippen LogP contribution >= 0.6 is 34.3 Å². The number of carbonyl (C=O) groups excluding carboxylic acids is 1. The number of halogens is 4. The maximum absolute atomic E-state index is 12.9. The predicted octanol–water partition coefficient (Wildman–Crippen LogP) is 4.67. The quantitative estimate of drug-likeness (QED) is 0.433. The van der Waals surface area contributed by atoms with Crippen LogP contribution in [0.4, 0.5) is 13.2 Å². The summed E-state index contributed by atoms with van der Waals surface area (Å²) in [6.45, 7) is 0.118. The maximum atomic E-state index is 12.9. The van der Waals surface area contributed by atoms with Crippen molar-refractivity contribution in [3.05, 3.63) is 63.3 Å². The maximum Gasteiger partial charge on any atom is 0.573 e. The van der Waals surface area contributed by atoms with Crippen LogP contribution in [0.1, 0.15) is 5.01 Å². The molecule has 1 N–H and O–H groups in total. The van der Waals surface area contributed by atoms with Gasteiger partial charge in [-0.25, -0.2) is 13.4 Å². The van der Waals surface area contributed by atoms with Crippen LogP contribution in [0.15, 0.2) is 58.1 Å². The number of hydrogen-bond acceptors (Lipinski definition) is 7. The molecule has 14 heteroatoms. The van der Waals surface area contributed by atoms with Gasteiger partial charge in [-0.15, -0.1) is 35.8 Å². The fraction of sp³-hybridized carbons (Fsp3) is 0.200. The van der Waals surface area contributed by atoms with E-state index in [-0.39, 0.29) is 23.0 Å². The minimum Gasteiger partial charge on any atom is -0.406 e. The van der Waals surface area contributed by atoms with Gasteiger partial charge in [0.25, 0.3) is 10.0 Å². The molecule has 34 heavy (non-hydrogen) atoms. The molecule has 4 rings (SSSR count). The molecule has 3 heterocycles. The fourth-order valence-electron chi connectivity index (χ4n) is 3.14. The molecular weight excluding hydrogens is 535 g/mol. The Bertz CT molecular complexity index is 1320. The zero-order valence-corrected chi connectivity index (χ0v) is 20.2. The molecule has 0 spiro atoms. The molecule has 0 unspecified atom stereocenters. The average Bonchev–Trinajstić information content (AvgIpc) is 3.52. The van der Waals surface area contributed by atoms with Gasteiger partial charge in [-0.05, 0) is 36.4 Å². The Morgan fingerprint density at radius 2 is 1.97 bits per heavy atom. The van der Waals surface area contributed by atoms with Gasteiger partial charge in [-0.1, -0.05) is 23.8 Å². The number of rotatable bonds is 7. The SMILES string of the molecule is O=C(NCc1nc(-c2ccc(OC(F)(F)F)cc2)cs1)[C@@H]1C=CCN1S(=O)(=O)c1ccc(Cl)s1. The fourth-order valence-corrected chi connectivity index (χ4v) is 6.99. The number of ether oxygens (including phenoxy) is 1. The molecule has 0 saturated carbocycles. The lowest BCUT2D eigenvalue weighted by Crippen LogP contribution is -2.45. The number of benzene rings is 1. The number of alkyl halides is 3. The number of hydrogen-bond donors (Lipinski definition) is 1. The van der Waals surface area contributed by atoms with Gasteiger partial charge in [0.1, 0.15) is 21.0 Å². The topological polar surface area (TPSA) is 88.6 Å². The van der Waals surface area contributed by atoms with Gasteiger partial charge < -0.3 is 10.1 Å². The third kappa shape index (κ3) is 5.61. The van der Waals surface area contributed by atoms with Crippen LogP contribution in [0.5, 0.6) is 5.75 Å². The Morgan fingerprint density at radius 1 is 1.24 bits per heavy atom. The molecule has 0 fully saturated rings. The lowest BCUT2D eigenvalue weighted by Gasteiger charge is -2.22. The Kier molecular flexibility index (Phi) is 7.01. The normalized spacial score (nSPS) is 16.6. The monoisotopic (exact) mass is 549 g/mol. The van der Waals surface area contributed by atoms with Crippen molar-refractivity contribution in [2.24, 2.45) is 0 Å². The van der Waals surface area contributed by atoms with Crippen LogP contribution in [0.2, 0.25) is 4.34 Å². The van der Waals surface area contributed by atoms with E-state index in [0.717, 1.165) is 15.6 Å². The zero-order valence-electron chi connectivity index (χ0n) is 17.0. The number of thiazole rings is 1. The molecule has 1 aliphatic heterocycles. The molecule has 1 aliphatic rings. The summed E-state index contributed by atoms with van der Waals surface area (Å²) in [6, 6.07) is 7.13. The second-order valence-corrected chi connectivity index (χ2v) is 11.7. The predicted molar refractivity (Wildman–Crippen MR) is 122 cm³/mol. The summed E-state index contributed by atoms with van der Waals surface area (Å²) in [4.78, 5) is 17.1. The van der Waals surface area contributed by atoms with E-state index < -0.39 is 28.3 Å². The van der Waals surface area contributed by atoms with Crippen molar-refractivity contribution in [1.29, 1.82) is 0 Å². The highest BCUT2D eigenvalue weighted by Crippen LogP contribution is 2.31. The highest BCUT2D eigenvalue weighted by Gasteiger charge is 2.37. The summed E-state index contributed by atoms with van der Waals surface area (Å²) in [5.41, 5.74) is 1.10. The van der Waals surface area contributed by atoms with Gasteiger partial charge in [-0.2, -0.15) is 4.31 Å². The van der Waals surface area contributed by atoms with E-state index in [2.05, 4.69) is 15.0 Å². The first-order valence-corrected chi connectivity index (χ1v) is 13.1. The molecule has 0 bridgehead atoms. The smallest absolute Gasteiger partial charge is 0.406 e. The van der Waals surface area contributed by atoms with E-state index in [9.17, 15) is 26.4 Å². The van der Waals surface area contributed by atoms with Crippen molar-refractivity contribution >= 4 is 50.2 Å². The number of aromatic nitrogens is 1. The second-order valence-electron chi connectivity index (χ2n) is 6.92. The van der Waals surface area contributed by atoms with Gasteiger partial charge >= 0.3 is 6.36 Å². The zero-order chi connectivity index (χ0) is 24.5. The van der Waals surface area contributed by atoms with Gasteiger partial charge in [0.15, 0.2) is 0 Å². The van der Waals surface area contributed by atoms with Gasteiger partial charge in [0.05, 0.1) is 16.6 Å². The molecule has 3 aromatic rings. The van der Waals surface area contributed by atoms with E-state index in [1.807, 2.05) is 0 Å². The summed E-state index contributed by atoms with van der Waals surface area (Å²) >= 11 is 8.02. The minimum atomic E-state index is -4.77. The van der Waals surface area contributed by atoms with Crippen molar-refractivity contribution in [3.63, 3.8) is 0 Å². The Balaban J connectivity index is 1.38. The lowest BCUT2D eigenvalue weighted by molar-refractivity contribution is -0.274. The Morgan fingerprint density at radius 3 is 2.62 bits per heavy atom. The van der Waals surface area contributed by atoms with Crippen LogP contribution in [-0.2, 0) is 21.4 Å². The molecule has 1 amide bonds. The summed E-state index contributed by atoms with van der Waals surface area (Å²) < 4.78 is 67.9. The van der Waals surface area contributed by atoms with Crippen LogP contribution in [-0.4, -0.2) is 42.6 Å². The standard InChI is InChI=1S/C20H15ClF3N3O4S3/c21-16-7-8-18(33-16)34(29,30)27-9-1-2-15(27)19(28)25-10-17-26-14(11-32-17)12-3-5-13(6-4-12)31-20(22,23)24/h1-8,11,15H,9-10H2,(H,25,28)/t15-/m0/s1. The van der Waals surface area contributed by atoms with Crippen LogP contribution in [0, 0.1) is 0 Å². The summed E-state index contributed by atoms with van der Waals surface area (Å²) in [7, 11) is -3.89. The molecule has 7 nitrogen and oxygen atoms in total. The third-order valence-corrected chi connectivity index (χ3v) is 9.04. The first kappa shape index (κ1) is 24.7. The summed E-state index contributed by atoms with van der Waals surface area (Å²) in [5.74, 6) is -0.849.